The summed E-state index contributed by atoms with van der Waals surface area (Å²) >= 11 is 0. The molecule has 0 aliphatic carbocycles. The van der Waals surface area contributed by atoms with Crippen LogP contribution < -0.4 is 40.1 Å². The molecule has 23 nitrogen and oxygen atoms in total. The topological polar surface area (TPSA) is 330 Å². The predicted molar refractivity (Wildman–Crippen MR) is 567 cm³/mol. The van der Waals surface area contributed by atoms with E-state index in [0.29, 0.717) is 92.1 Å². The van der Waals surface area contributed by atoms with Crippen molar-refractivity contribution in [2.24, 2.45) is 40.1 Å². The van der Waals surface area contributed by atoms with Gasteiger partial charge in [-0.05, 0) is 159 Å². The molecule has 4 atom stereocenters. The van der Waals surface area contributed by atoms with Crippen LogP contribution in [-0.2, 0) is 70.8 Å². The number of hydrogen-bond acceptors (Lipinski definition) is 23. The van der Waals surface area contributed by atoms with Crippen molar-refractivity contribution in [3.05, 3.63) is 0 Å². The molecular formula is C89H213N7O16Si13. The number of nitrogens with two attached hydrogens (primary N) is 7. The summed E-state index contributed by atoms with van der Waals surface area (Å²) in [5.74, 6) is 0. The van der Waals surface area contributed by atoms with Crippen LogP contribution in [0.4, 0.5) is 0 Å². The van der Waals surface area contributed by atoms with Crippen LogP contribution in [0.15, 0.2) is 0 Å². The lowest BCUT2D eigenvalue weighted by atomic mass is 10.5. The minimum Gasteiger partial charge on any atom is -0.394 e. The van der Waals surface area contributed by atoms with Gasteiger partial charge >= 0.3 is 68.5 Å². The quantitative estimate of drug-likeness (QED) is 0.0278. The van der Waals surface area contributed by atoms with Gasteiger partial charge in [0, 0.05) is 152 Å². The van der Waals surface area contributed by atoms with Crippen molar-refractivity contribution in [2.75, 3.05) is 152 Å². The summed E-state index contributed by atoms with van der Waals surface area (Å²) in [6, 6.07) is 29.0. The standard InChI is InChI=1S/C89H213N7O16Si13/c1-22-50-97-117(14,98-51-23-2)78-31-66-113(10,67-32-79-118(15,99-52-24-3)100-53-25-4)74-39-86-125(87-40-75-114(11,68-33-80-119(16,101-54-26-5)102-55-27-6)70-35-82-121(18,105-58-30-9)106-59-43-90,88-41-76-115(12,69-34-81-120(17,103-56-28-7)104-57-29-8)71-36-83-122(19,107-60-44-91)108-61-45-92)89-42-77-116(13,72-37-84-123(20,109-62-46-93)110-63-47-94)73-38-85-124(21,111-64-48-95)112-65-49-96/h22-96H2,1-21H3. The summed E-state index contributed by atoms with van der Waals surface area (Å²) < 4.78 is 108. The minimum absolute atomic E-state index is 0.470. The van der Waals surface area contributed by atoms with Gasteiger partial charge in [-0.3, -0.25) is 0 Å². The van der Waals surface area contributed by atoms with Crippen LogP contribution in [0, 0.1) is 0 Å². The Hall–Kier alpha value is 1.90. The van der Waals surface area contributed by atoms with Gasteiger partial charge in [-0.2, -0.15) is 0 Å². The van der Waals surface area contributed by atoms with Gasteiger partial charge in [0.25, 0.3) is 0 Å². The second-order valence-electron chi connectivity index (χ2n) is 40.2. The average molecular weight is 2000 g/mol. The third-order valence-electron chi connectivity index (χ3n) is 26.4. The highest BCUT2D eigenvalue weighted by atomic mass is 28.4. The Balaban J connectivity index is 9.54. The Bertz CT molecular complexity index is 2000. The van der Waals surface area contributed by atoms with Gasteiger partial charge in [0.15, 0.2) is 0 Å². The van der Waals surface area contributed by atoms with Crippen LogP contribution in [0.1, 0.15) is 197 Å². The third-order valence-corrected chi connectivity index (χ3v) is 73.9. The Morgan fingerprint density at radius 2 is 0.232 bits per heavy atom. The first-order valence-corrected chi connectivity index (χ1v) is 87.1. The number of rotatable bonds is 96. The van der Waals surface area contributed by atoms with Crippen molar-refractivity contribution in [1.82, 2.24) is 0 Å². The Morgan fingerprint density at radius 1 is 0.136 bits per heavy atom. The lowest BCUT2D eigenvalue weighted by molar-refractivity contribution is 0.172. The van der Waals surface area contributed by atoms with E-state index in [1.165, 1.54) is 135 Å². The SMILES string of the molecule is CCCO[Si](C)(CCC[Si](C)(CCC[Si](CCC[Si](C)(CCC[Si](C)(OCCC)OCCC)CCC[Si](C)(OCCC)OCCN)(CCC[Si](C)(CCC[Si](C)(OCCC)OCCC)CCC[Si](C)(OCCN)OCCN)CCC[Si](C)(CCC[Si](C)(OCCN)OCCN)CCC[Si](C)(OCCN)OCCN)CCC[Si](C)(OCCC)OCCC)OCCC. The minimum atomic E-state index is -2.57. The van der Waals surface area contributed by atoms with E-state index in [9.17, 15) is 0 Å². The molecule has 752 valence electrons. The summed E-state index contributed by atoms with van der Waals surface area (Å²) in [7, 11) is -29.8. The Morgan fingerprint density at radius 3 is 0.328 bits per heavy atom. The van der Waals surface area contributed by atoms with E-state index < -0.39 is 109 Å². The van der Waals surface area contributed by atoms with E-state index in [2.05, 4.69) is 141 Å². The van der Waals surface area contributed by atoms with Crippen molar-refractivity contribution in [2.45, 2.75) is 421 Å². The van der Waals surface area contributed by atoms with Gasteiger partial charge in [-0.1, -0.05) is 262 Å². The fraction of sp³-hybridized carbons (Fsp3) is 1.00. The van der Waals surface area contributed by atoms with Crippen molar-refractivity contribution in [1.29, 1.82) is 0 Å². The fourth-order valence-corrected chi connectivity index (χ4v) is 62.7. The second-order valence-corrected chi connectivity index (χ2v) is 92.4. The average Bonchev–Trinajstić information content (AvgIpc) is 0.834. The predicted octanol–water partition coefficient (Wildman–Crippen LogP) is 21.7. The molecule has 0 aliphatic heterocycles. The van der Waals surface area contributed by atoms with Gasteiger partial charge in [-0.25, -0.2) is 0 Å². The van der Waals surface area contributed by atoms with Gasteiger partial charge in [-0.15, -0.1) is 0 Å². The van der Waals surface area contributed by atoms with Crippen LogP contribution in [0.25, 0.3) is 0 Å². The molecule has 0 spiro atoms. The van der Waals surface area contributed by atoms with E-state index in [1.54, 1.807) is 0 Å². The number of hydrogen-bond donors (Lipinski definition) is 7. The molecule has 4 unspecified atom stereocenters. The second kappa shape index (κ2) is 73.1. The third kappa shape index (κ3) is 61.1. The summed E-state index contributed by atoms with van der Waals surface area (Å²) in [6.45, 7) is 63.5. The van der Waals surface area contributed by atoms with E-state index in [1.807, 2.05) is 0 Å². The Kier molecular flexibility index (Phi) is 74.2. The molecule has 0 amide bonds. The molecule has 0 bridgehead atoms. The highest BCUT2D eigenvalue weighted by molar-refractivity contribution is 6.83. The highest BCUT2D eigenvalue weighted by Crippen LogP contribution is 2.44. The zero-order valence-electron chi connectivity index (χ0n) is 86.2. The molecule has 0 saturated carbocycles. The first-order chi connectivity index (χ1) is 59.5. The lowest BCUT2D eigenvalue weighted by Gasteiger charge is -2.39. The molecule has 0 aliphatic rings. The fourth-order valence-electron chi connectivity index (χ4n) is 18.8. The molecule has 0 aromatic carbocycles. The molecule has 125 heavy (non-hydrogen) atoms. The van der Waals surface area contributed by atoms with Gasteiger partial charge in [0.1, 0.15) is 0 Å². The molecule has 0 aromatic rings. The molecular weight excluding hydrogens is 1790 g/mol. The molecule has 0 fully saturated rings. The van der Waals surface area contributed by atoms with Crippen molar-refractivity contribution in [3.63, 3.8) is 0 Å². The highest BCUT2D eigenvalue weighted by Gasteiger charge is 2.44. The van der Waals surface area contributed by atoms with Crippen LogP contribution in [0.2, 0.25) is 224 Å². The van der Waals surface area contributed by atoms with E-state index >= 15 is 0 Å². The molecule has 0 aromatic heterocycles. The van der Waals surface area contributed by atoms with Crippen LogP contribution in [-0.4, -0.2) is 260 Å². The summed E-state index contributed by atoms with van der Waals surface area (Å²) in [5.41, 5.74) is 43.2. The van der Waals surface area contributed by atoms with Crippen LogP contribution in [0.5, 0.6) is 0 Å². The summed E-state index contributed by atoms with van der Waals surface area (Å²) in [4.78, 5) is 0. The molecule has 14 N–H and O–H groups in total. The van der Waals surface area contributed by atoms with Crippen LogP contribution in [0.3, 0.4) is 0 Å². The van der Waals surface area contributed by atoms with Crippen LogP contribution >= 0.6 is 0 Å². The van der Waals surface area contributed by atoms with Crippen molar-refractivity contribution in [3.8, 4) is 0 Å². The van der Waals surface area contributed by atoms with Gasteiger partial charge in [0.05, 0.1) is 40.4 Å². The summed E-state index contributed by atoms with van der Waals surface area (Å²) in [5, 5.41) is 0. The zero-order chi connectivity index (χ0) is 93.9. The molecule has 36 heteroatoms. The molecule has 0 rings (SSSR count). The maximum Gasteiger partial charge on any atom is 0.335 e. The zero-order valence-corrected chi connectivity index (χ0v) is 99.2. The first-order valence-electron chi connectivity index (χ1n) is 51.6. The maximum absolute atomic E-state index is 6.83. The van der Waals surface area contributed by atoms with E-state index in [4.69, 9.17) is 111 Å². The van der Waals surface area contributed by atoms with Gasteiger partial charge in [0.2, 0.25) is 0 Å². The normalized spacial score (nSPS) is 15.3. The summed E-state index contributed by atoms with van der Waals surface area (Å²) in [6.07, 6.45) is 23.2. The maximum atomic E-state index is 6.83. The smallest absolute Gasteiger partial charge is 0.335 e. The Labute approximate surface area is 786 Å². The van der Waals surface area contributed by atoms with E-state index in [-0.39, 0.29) is 0 Å². The van der Waals surface area contributed by atoms with Gasteiger partial charge < -0.3 is 111 Å². The molecule has 0 radical (unpaired) electrons. The lowest BCUT2D eigenvalue weighted by Crippen LogP contribution is -2.43. The monoisotopic (exact) mass is 2000 g/mol. The largest absolute Gasteiger partial charge is 0.394 e. The molecule has 0 heterocycles. The molecule has 0 saturated heterocycles. The van der Waals surface area contributed by atoms with Crippen molar-refractivity contribution < 1.29 is 70.8 Å². The van der Waals surface area contributed by atoms with Crippen molar-refractivity contribution >= 4 is 109 Å². The first kappa shape index (κ1) is 127. The van der Waals surface area contributed by atoms with E-state index in [0.717, 1.165) is 204 Å².